The van der Waals surface area contributed by atoms with Crippen LogP contribution in [0.3, 0.4) is 0 Å². The summed E-state index contributed by atoms with van der Waals surface area (Å²) in [6.07, 6.45) is 0.548. The monoisotopic (exact) mass is 258 g/mol. The van der Waals surface area contributed by atoms with E-state index in [0.717, 1.165) is 13.0 Å². The van der Waals surface area contributed by atoms with Gasteiger partial charge in [0.25, 0.3) is 0 Å². The first-order chi connectivity index (χ1) is 9.20. The topological polar surface area (TPSA) is 49.5 Å². The number of hydrogen-bond donors (Lipinski definition) is 2. The summed E-state index contributed by atoms with van der Waals surface area (Å²) in [6, 6.07) is 14.9. The lowest BCUT2D eigenvalue weighted by Crippen LogP contribution is -2.35. The number of benzene rings is 2. The summed E-state index contributed by atoms with van der Waals surface area (Å²) in [5.74, 6) is 0. The van der Waals surface area contributed by atoms with Crippen molar-refractivity contribution in [2.45, 2.75) is 12.5 Å². The molecule has 3 N–H and O–H groups in total. The molecule has 1 atom stereocenters. The molecule has 0 spiro atoms. The SMILES string of the molecule is CN(CCc1cccc2ccccc12)CC(O)CN. The van der Waals surface area contributed by atoms with E-state index in [-0.39, 0.29) is 0 Å². The lowest BCUT2D eigenvalue weighted by molar-refractivity contribution is 0.133. The third-order valence-corrected chi connectivity index (χ3v) is 3.44. The first kappa shape index (κ1) is 14.0. The molecular formula is C16H22N2O. The molecule has 0 heterocycles. The standard InChI is InChI=1S/C16H22N2O/c1-18(12-15(19)11-17)10-9-14-7-4-6-13-5-2-3-8-16(13)14/h2-8,15,19H,9-12,17H2,1H3. The quantitative estimate of drug-likeness (QED) is 0.828. The summed E-state index contributed by atoms with van der Waals surface area (Å²) in [5, 5.41) is 12.1. The number of likely N-dealkylation sites (N-methyl/N-ethyl adjacent to an activating group) is 1. The van der Waals surface area contributed by atoms with Gasteiger partial charge in [0.05, 0.1) is 6.10 Å². The third-order valence-electron chi connectivity index (χ3n) is 3.44. The minimum atomic E-state index is -0.433. The minimum Gasteiger partial charge on any atom is -0.390 e. The molecule has 0 aliphatic carbocycles. The zero-order chi connectivity index (χ0) is 13.7. The number of aliphatic hydroxyl groups excluding tert-OH is 1. The summed E-state index contributed by atoms with van der Waals surface area (Å²) in [6.45, 7) is 1.87. The van der Waals surface area contributed by atoms with Crippen LogP contribution in [0.15, 0.2) is 42.5 Å². The molecule has 3 nitrogen and oxygen atoms in total. The molecule has 0 radical (unpaired) electrons. The summed E-state index contributed by atoms with van der Waals surface area (Å²) in [4.78, 5) is 2.12. The molecule has 1 unspecified atom stereocenters. The molecule has 0 aliphatic rings. The lowest BCUT2D eigenvalue weighted by atomic mass is 10.0. The Morgan fingerprint density at radius 3 is 2.68 bits per heavy atom. The normalized spacial score (nSPS) is 13.1. The van der Waals surface area contributed by atoms with Crippen LogP contribution < -0.4 is 5.73 Å². The largest absolute Gasteiger partial charge is 0.390 e. The highest BCUT2D eigenvalue weighted by atomic mass is 16.3. The number of nitrogens with zero attached hydrogens (tertiary/aromatic N) is 1. The molecule has 3 heteroatoms. The summed E-state index contributed by atoms with van der Waals surface area (Å²) in [7, 11) is 2.02. The summed E-state index contributed by atoms with van der Waals surface area (Å²) >= 11 is 0. The zero-order valence-electron chi connectivity index (χ0n) is 11.4. The molecular weight excluding hydrogens is 236 g/mol. The van der Waals surface area contributed by atoms with Crippen LogP contribution in [0.2, 0.25) is 0 Å². The summed E-state index contributed by atoms with van der Waals surface area (Å²) in [5.41, 5.74) is 6.78. The Hall–Kier alpha value is -1.42. The molecule has 2 aromatic carbocycles. The Morgan fingerprint density at radius 1 is 1.16 bits per heavy atom. The van der Waals surface area contributed by atoms with Crippen molar-refractivity contribution in [2.75, 3.05) is 26.7 Å². The molecule has 2 rings (SSSR count). The predicted molar refractivity (Wildman–Crippen MR) is 80.2 cm³/mol. The van der Waals surface area contributed by atoms with Crippen molar-refractivity contribution in [1.29, 1.82) is 0 Å². The van der Waals surface area contributed by atoms with Crippen LogP contribution in [0.5, 0.6) is 0 Å². The zero-order valence-corrected chi connectivity index (χ0v) is 11.4. The van der Waals surface area contributed by atoms with Gasteiger partial charge in [-0.25, -0.2) is 0 Å². The van der Waals surface area contributed by atoms with E-state index in [4.69, 9.17) is 5.73 Å². The molecule has 0 fully saturated rings. The van der Waals surface area contributed by atoms with Crippen LogP contribution >= 0.6 is 0 Å². The molecule has 0 aliphatic heterocycles. The van der Waals surface area contributed by atoms with E-state index in [0.29, 0.717) is 13.1 Å². The van der Waals surface area contributed by atoms with E-state index >= 15 is 0 Å². The van der Waals surface area contributed by atoms with Crippen molar-refractivity contribution < 1.29 is 5.11 Å². The van der Waals surface area contributed by atoms with E-state index in [9.17, 15) is 5.11 Å². The van der Waals surface area contributed by atoms with E-state index in [2.05, 4.69) is 47.4 Å². The first-order valence-corrected chi connectivity index (χ1v) is 6.74. The highest BCUT2D eigenvalue weighted by Gasteiger charge is 2.07. The Balaban J connectivity index is 2.02. The van der Waals surface area contributed by atoms with E-state index < -0.39 is 6.10 Å². The molecule has 0 bridgehead atoms. The predicted octanol–water partition coefficient (Wildman–Crippen LogP) is 1.63. The van der Waals surface area contributed by atoms with Crippen molar-refractivity contribution in [2.24, 2.45) is 5.73 Å². The van der Waals surface area contributed by atoms with Crippen molar-refractivity contribution >= 4 is 10.8 Å². The number of hydrogen-bond acceptors (Lipinski definition) is 3. The number of aliphatic hydroxyl groups is 1. The fraction of sp³-hybridized carbons (Fsp3) is 0.375. The average molecular weight is 258 g/mol. The van der Waals surface area contributed by atoms with Gasteiger partial charge in [-0.3, -0.25) is 0 Å². The van der Waals surface area contributed by atoms with Gasteiger partial charge in [0.2, 0.25) is 0 Å². The van der Waals surface area contributed by atoms with Crippen LogP contribution in [0.25, 0.3) is 10.8 Å². The maximum absolute atomic E-state index is 9.53. The Morgan fingerprint density at radius 2 is 1.89 bits per heavy atom. The van der Waals surface area contributed by atoms with Gasteiger partial charge in [-0.15, -0.1) is 0 Å². The van der Waals surface area contributed by atoms with Gasteiger partial charge in [-0.05, 0) is 29.8 Å². The lowest BCUT2D eigenvalue weighted by Gasteiger charge is -2.19. The molecule has 19 heavy (non-hydrogen) atoms. The molecule has 0 saturated carbocycles. The second-order valence-electron chi connectivity index (χ2n) is 5.04. The van der Waals surface area contributed by atoms with Crippen LogP contribution in [0.4, 0.5) is 0 Å². The highest BCUT2D eigenvalue weighted by molar-refractivity contribution is 5.85. The van der Waals surface area contributed by atoms with Gasteiger partial charge in [0, 0.05) is 19.6 Å². The van der Waals surface area contributed by atoms with Gasteiger partial charge in [-0.1, -0.05) is 42.5 Å². The molecule has 0 saturated heterocycles. The number of nitrogens with two attached hydrogens (primary N) is 1. The van der Waals surface area contributed by atoms with Gasteiger partial charge in [-0.2, -0.15) is 0 Å². The Bertz CT molecular complexity index is 522. The van der Waals surface area contributed by atoms with Crippen LogP contribution in [0, 0.1) is 0 Å². The third kappa shape index (κ3) is 3.77. The highest BCUT2D eigenvalue weighted by Crippen LogP contribution is 2.18. The van der Waals surface area contributed by atoms with Gasteiger partial charge in [0.15, 0.2) is 0 Å². The Labute approximate surface area is 114 Å². The Kier molecular flexibility index (Phi) is 4.91. The van der Waals surface area contributed by atoms with Crippen molar-refractivity contribution in [3.05, 3.63) is 48.0 Å². The van der Waals surface area contributed by atoms with Gasteiger partial charge in [0.1, 0.15) is 0 Å². The number of fused-ring (bicyclic) bond motifs is 1. The maximum Gasteiger partial charge on any atom is 0.0788 e. The van der Waals surface area contributed by atoms with Crippen LogP contribution in [0.1, 0.15) is 5.56 Å². The van der Waals surface area contributed by atoms with Crippen molar-refractivity contribution in [3.63, 3.8) is 0 Å². The van der Waals surface area contributed by atoms with Gasteiger partial charge >= 0.3 is 0 Å². The van der Waals surface area contributed by atoms with Crippen LogP contribution in [-0.2, 0) is 6.42 Å². The average Bonchev–Trinajstić information content (AvgIpc) is 2.44. The number of rotatable bonds is 6. The van der Waals surface area contributed by atoms with E-state index in [1.54, 1.807) is 0 Å². The maximum atomic E-state index is 9.53. The molecule has 0 aromatic heterocycles. The second kappa shape index (κ2) is 6.66. The van der Waals surface area contributed by atoms with E-state index in [1.807, 2.05) is 7.05 Å². The van der Waals surface area contributed by atoms with E-state index in [1.165, 1.54) is 16.3 Å². The van der Waals surface area contributed by atoms with Crippen molar-refractivity contribution in [1.82, 2.24) is 4.90 Å². The first-order valence-electron chi connectivity index (χ1n) is 6.74. The summed E-state index contributed by atoms with van der Waals surface area (Å²) < 4.78 is 0. The second-order valence-corrected chi connectivity index (χ2v) is 5.04. The fourth-order valence-electron chi connectivity index (χ4n) is 2.35. The molecule has 102 valence electrons. The van der Waals surface area contributed by atoms with Gasteiger partial charge < -0.3 is 15.7 Å². The van der Waals surface area contributed by atoms with Crippen LogP contribution in [-0.4, -0.2) is 42.8 Å². The minimum absolute atomic E-state index is 0.318. The van der Waals surface area contributed by atoms with Crippen molar-refractivity contribution in [3.8, 4) is 0 Å². The smallest absolute Gasteiger partial charge is 0.0788 e. The fourth-order valence-corrected chi connectivity index (χ4v) is 2.35. The molecule has 2 aromatic rings. The molecule has 0 amide bonds.